The molecular weight excluding hydrogens is 414 g/mol. The number of phenolic OH excluding ortho intramolecular Hbond substituents is 1. The Morgan fingerprint density at radius 1 is 1.23 bits per heavy atom. The SMILES string of the molecule is CC1CCCCN1CCNC(=O)n1cc(-c2ccncc2)c(-c2ccc(Cl)c(O)c2)n1. The number of nitrogens with zero attached hydrogens (tertiary/aromatic N) is 4. The smallest absolute Gasteiger partial charge is 0.342 e. The molecule has 3 heterocycles. The number of phenols is 1. The number of amides is 1. The normalized spacial score (nSPS) is 16.9. The van der Waals surface area contributed by atoms with Crippen LogP contribution in [0.4, 0.5) is 4.79 Å². The highest BCUT2D eigenvalue weighted by Gasteiger charge is 2.20. The van der Waals surface area contributed by atoms with Gasteiger partial charge in [0.05, 0.1) is 5.02 Å². The van der Waals surface area contributed by atoms with Crippen molar-refractivity contribution in [1.29, 1.82) is 0 Å². The fourth-order valence-corrected chi connectivity index (χ4v) is 4.09. The number of likely N-dealkylation sites (tertiary alicyclic amines) is 1. The topological polar surface area (TPSA) is 83.3 Å². The minimum Gasteiger partial charge on any atom is -0.506 e. The van der Waals surface area contributed by atoms with Crippen LogP contribution in [0.2, 0.25) is 5.02 Å². The van der Waals surface area contributed by atoms with Gasteiger partial charge in [0.1, 0.15) is 11.4 Å². The molecule has 8 heteroatoms. The number of piperidine rings is 1. The van der Waals surface area contributed by atoms with Crippen molar-refractivity contribution in [1.82, 2.24) is 25.0 Å². The lowest BCUT2D eigenvalue weighted by Crippen LogP contribution is -2.43. The first kappa shape index (κ1) is 21.3. The van der Waals surface area contributed by atoms with Crippen molar-refractivity contribution in [3.63, 3.8) is 0 Å². The number of carbonyl (C=O) groups excluding carboxylic acids is 1. The number of pyridine rings is 1. The molecule has 1 aromatic carbocycles. The van der Waals surface area contributed by atoms with E-state index < -0.39 is 0 Å². The number of hydrogen-bond donors (Lipinski definition) is 2. The summed E-state index contributed by atoms with van der Waals surface area (Å²) in [5, 5.41) is 17.8. The molecule has 2 N–H and O–H groups in total. The molecular formula is C23H26ClN5O2. The number of hydrogen-bond acceptors (Lipinski definition) is 5. The molecule has 1 aliphatic heterocycles. The number of rotatable bonds is 5. The predicted octanol–water partition coefficient (Wildman–Crippen LogP) is 4.40. The van der Waals surface area contributed by atoms with Crippen LogP contribution in [0.3, 0.4) is 0 Å². The second-order valence-electron chi connectivity index (χ2n) is 7.85. The Labute approximate surface area is 186 Å². The van der Waals surface area contributed by atoms with Crippen LogP contribution >= 0.6 is 11.6 Å². The Bertz CT molecular complexity index is 1050. The average molecular weight is 440 g/mol. The summed E-state index contributed by atoms with van der Waals surface area (Å²) in [6.45, 7) is 4.70. The van der Waals surface area contributed by atoms with Crippen LogP contribution in [0.1, 0.15) is 26.2 Å². The van der Waals surface area contributed by atoms with Crippen molar-refractivity contribution in [3.05, 3.63) is 53.9 Å². The van der Waals surface area contributed by atoms with Gasteiger partial charge < -0.3 is 10.4 Å². The zero-order valence-electron chi connectivity index (χ0n) is 17.5. The van der Waals surface area contributed by atoms with Gasteiger partial charge in [0.2, 0.25) is 0 Å². The standard InChI is InChI=1S/C23H26ClN5O2/c1-16-4-2-3-12-28(16)13-11-26-23(31)29-15-19(17-7-9-25-10-8-17)22(27-29)18-5-6-20(24)21(30)14-18/h5-10,14-16,30H,2-4,11-13H2,1H3,(H,26,31). The van der Waals surface area contributed by atoms with Crippen LogP contribution in [0.5, 0.6) is 5.75 Å². The Morgan fingerprint density at radius 3 is 2.77 bits per heavy atom. The lowest BCUT2D eigenvalue weighted by Gasteiger charge is -2.33. The molecule has 0 aliphatic carbocycles. The molecule has 0 spiro atoms. The zero-order valence-corrected chi connectivity index (χ0v) is 18.2. The minimum atomic E-state index is -0.288. The highest BCUT2D eigenvalue weighted by molar-refractivity contribution is 6.32. The summed E-state index contributed by atoms with van der Waals surface area (Å²) in [4.78, 5) is 19.3. The van der Waals surface area contributed by atoms with E-state index in [1.54, 1.807) is 36.8 Å². The van der Waals surface area contributed by atoms with Crippen LogP contribution in [0.15, 0.2) is 48.9 Å². The molecule has 1 atom stereocenters. The van der Waals surface area contributed by atoms with Crippen LogP contribution in [-0.2, 0) is 0 Å². The third-order valence-corrected chi connectivity index (χ3v) is 6.07. The quantitative estimate of drug-likeness (QED) is 0.615. The van der Waals surface area contributed by atoms with Crippen LogP contribution in [0.25, 0.3) is 22.4 Å². The van der Waals surface area contributed by atoms with Crippen molar-refractivity contribution < 1.29 is 9.90 Å². The molecule has 4 rings (SSSR count). The van der Waals surface area contributed by atoms with Gasteiger partial charge in [-0.25, -0.2) is 4.79 Å². The van der Waals surface area contributed by atoms with E-state index in [9.17, 15) is 9.90 Å². The molecule has 3 aromatic rings. The number of halogens is 1. The summed E-state index contributed by atoms with van der Waals surface area (Å²) in [5.74, 6) is -0.0329. The third kappa shape index (κ3) is 4.89. The molecule has 7 nitrogen and oxygen atoms in total. The average Bonchev–Trinajstić information content (AvgIpc) is 3.23. The molecule has 1 saturated heterocycles. The first-order chi connectivity index (χ1) is 15.0. The van der Waals surface area contributed by atoms with Gasteiger partial charge in [0.25, 0.3) is 0 Å². The van der Waals surface area contributed by atoms with Crippen LogP contribution < -0.4 is 5.32 Å². The van der Waals surface area contributed by atoms with E-state index in [4.69, 9.17) is 11.6 Å². The van der Waals surface area contributed by atoms with E-state index in [1.165, 1.54) is 23.9 Å². The van der Waals surface area contributed by atoms with E-state index in [0.717, 1.165) is 24.2 Å². The van der Waals surface area contributed by atoms with Crippen molar-refractivity contribution in [3.8, 4) is 28.1 Å². The van der Waals surface area contributed by atoms with Gasteiger partial charge in [-0.05, 0) is 56.1 Å². The largest absolute Gasteiger partial charge is 0.506 e. The monoisotopic (exact) mass is 439 g/mol. The fraction of sp³-hybridized carbons (Fsp3) is 0.348. The van der Waals surface area contributed by atoms with Crippen molar-refractivity contribution in [2.75, 3.05) is 19.6 Å². The highest BCUT2D eigenvalue weighted by atomic mass is 35.5. The second kappa shape index (κ2) is 9.49. The summed E-state index contributed by atoms with van der Waals surface area (Å²) in [7, 11) is 0. The lowest BCUT2D eigenvalue weighted by molar-refractivity contribution is 0.161. The number of aromatic nitrogens is 3. The highest BCUT2D eigenvalue weighted by Crippen LogP contribution is 2.34. The number of carbonyl (C=O) groups is 1. The molecule has 1 unspecified atom stereocenters. The summed E-state index contributed by atoms with van der Waals surface area (Å²) in [5.41, 5.74) is 2.89. The summed E-state index contributed by atoms with van der Waals surface area (Å²) in [6, 6.07) is 8.92. The first-order valence-corrected chi connectivity index (χ1v) is 10.9. The maximum Gasteiger partial charge on any atom is 0.342 e. The molecule has 0 bridgehead atoms. The molecule has 1 amide bonds. The second-order valence-corrected chi connectivity index (χ2v) is 8.26. The predicted molar refractivity (Wildman–Crippen MR) is 121 cm³/mol. The third-order valence-electron chi connectivity index (χ3n) is 5.75. The maximum absolute atomic E-state index is 12.8. The Balaban J connectivity index is 1.56. The van der Waals surface area contributed by atoms with E-state index in [-0.39, 0.29) is 16.8 Å². The van der Waals surface area contributed by atoms with E-state index in [2.05, 4.69) is 27.2 Å². The van der Waals surface area contributed by atoms with Gasteiger partial charge >= 0.3 is 6.03 Å². The molecule has 2 aromatic heterocycles. The van der Waals surface area contributed by atoms with Gasteiger partial charge in [-0.1, -0.05) is 24.1 Å². The lowest BCUT2D eigenvalue weighted by atomic mass is 10.0. The molecule has 162 valence electrons. The van der Waals surface area contributed by atoms with Crippen LogP contribution in [-0.4, -0.2) is 56.5 Å². The number of aromatic hydroxyl groups is 1. The van der Waals surface area contributed by atoms with Gasteiger partial charge in [0.15, 0.2) is 0 Å². The Morgan fingerprint density at radius 2 is 2.03 bits per heavy atom. The summed E-state index contributed by atoms with van der Waals surface area (Å²) < 4.78 is 1.32. The number of benzene rings is 1. The van der Waals surface area contributed by atoms with Crippen molar-refractivity contribution >= 4 is 17.6 Å². The summed E-state index contributed by atoms with van der Waals surface area (Å²) in [6.07, 6.45) is 8.78. The van der Waals surface area contributed by atoms with Gasteiger partial charge in [-0.3, -0.25) is 9.88 Å². The maximum atomic E-state index is 12.8. The molecule has 0 saturated carbocycles. The zero-order chi connectivity index (χ0) is 21.8. The van der Waals surface area contributed by atoms with Crippen molar-refractivity contribution in [2.24, 2.45) is 0 Å². The first-order valence-electron chi connectivity index (χ1n) is 10.5. The van der Waals surface area contributed by atoms with E-state index in [1.807, 2.05) is 12.1 Å². The molecule has 0 radical (unpaired) electrons. The minimum absolute atomic E-state index is 0.0329. The van der Waals surface area contributed by atoms with Crippen molar-refractivity contribution in [2.45, 2.75) is 32.2 Å². The fourth-order valence-electron chi connectivity index (χ4n) is 3.97. The van der Waals surface area contributed by atoms with Gasteiger partial charge in [0, 0.05) is 48.8 Å². The Kier molecular flexibility index (Phi) is 6.53. The summed E-state index contributed by atoms with van der Waals surface area (Å²) >= 11 is 5.96. The van der Waals surface area contributed by atoms with Gasteiger partial charge in [-0.2, -0.15) is 9.78 Å². The van der Waals surface area contributed by atoms with Crippen LogP contribution in [0, 0.1) is 0 Å². The van der Waals surface area contributed by atoms with Gasteiger partial charge in [-0.15, -0.1) is 0 Å². The van der Waals surface area contributed by atoms with E-state index in [0.29, 0.717) is 23.8 Å². The number of nitrogens with one attached hydrogen (secondary N) is 1. The molecule has 1 fully saturated rings. The van der Waals surface area contributed by atoms with E-state index >= 15 is 0 Å². The Hall–Kier alpha value is -2.90. The molecule has 31 heavy (non-hydrogen) atoms. The molecule has 1 aliphatic rings.